The smallest absolute Gasteiger partial charge is 0.383 e. The van der Waals surface area contributed by atoms with Crippen LogP contribution in [0, 0.1) is 10.1 Å². The maximum absolute atomic E-state index is 10.8. The zero-order chi connectivity index (χ0) is 18.7. The predicted octanol–water partition coefficient (Wildman–Crippen LogP) is 2.15. The molecular formula is C17H28ClN5O3. The van der Waals surface area contributed by atoms with Crippen LogP contribution in [-0.4, -0.2) is 73.7 Å². The van der Waals surface area contributed by atoms with Gasteiger partial charge >= 0.3 is 11.1 Å². The zero-order valence-electron chi connectivity index (χ0n) is 15.3. The van der Waals surface area contributed by atoms with Crippen LogP contribution in [0.4, 0.5) is 5.82 Å². The lowest BCUT2D eigenvalue weighted by molar-refractivity contribution is -0.389. The van der Waals surface area contributed by atoms with E-state index in [1.807, 2.05) is 0 Å². The van der Waals surface area contributed by atoms with Gasteiger partial charge in [-0.15, -0.1) is 0 Å². The number of rotatable bonds is 6. The van der Waals surface area contributed by atoms with Crippen LogP contribution in [0.1, 0.15) is 39.0 Å². The largest absolute Gasteiger partial charge is 0.387 e. The molecule has 0 aliphatic carbocycles. The Kier molecular flexibility index (Phi) is 6.17. The number of aromatic nitrogens is 2. The van der Waals surface area contributed by atoms with Gasteiger partial charge in [-0.25, -0.2) is 0 Å². The highest BCUT2D eigenvalue weighted by Gasteiger charge is 2.31. The van der Waals surface area contributed by atoms with E-state index in [4.69, 9.17) is 11.6 Å². The molecule has 0 saturated carbocycles. The van der Waals surface area contributed by atoms with Crippen molar-refractivity contribution in [1.82, 2.24) is 19.4 Å². The minimum Gasteiger partial charge on any atom is -0.387 e. The maximum atomic E-state index is 10.8. The Morgan fingerprint density at radius 1 is 1.27 bits per heavy atom. The van der Waals surface area contributed by atoms with E-state index in [0.29, 0.717) is 12.6 Å². The van der Waals surface area contributed by atoms with E-state index in [1.54, 1.807) is 6.92 Å². The molecule has 0 spiro atoms. The molecule has 146 valence electrons. The Balaban J connectivity index is 1.51. The van der Waals surface area contributed by atoms with Gasteiger partial charge in [0.2, 0.25) is 0 Å². The van der Waals surface area contributed by atoms with Gasteiger partial charge in [0.15, 0.2) is 0 Å². The van der Waals surface area contributed by atoms with Gasteiger partial charge in [-0.1, -0.05) is 6.42 Å². The van der Waals surface area contributed by atoms with Crippen molar-refractivity contribution in [2.45, 2.75) is 57.2 Å². The quantitative estimate of drug-likeness (QED) is 0.596. The number of imidazole rings is 1. The average Bonchev–Trinajstić information content (AvgIpc) is 2.96. The zero-order valence-corrected chi connectivity index (χ0v) is 16.1. The van der Waals surface area contributed by atoms with Crippen LogP contribution in [0.5, 0.6) is 0 Å². The fourth-order valence-electron chi connectivity index (χ4n) is 4.20. The monoisotopic (exact) mass is 385 g/mol. The van der Waals surface area contributed by atoms with Gasteiger partial charge in [-0.3, -0.25) is 4.57 Å². The first kappa shape index (κ1) is 19.5. The van der Waals surface area contributed by atoms with Crippen molar-refractivity contribution in [3.63, 3.8) is 0 Å². The summed E-state index contributed by atoms with van der Waals surface area (Å²) in [7, 11) is 0. The minimum absolute atomic E-state index is 0.0285. The van der Waals surface area contributed by atoms with E-state index in [-0.39, 0.29) is 17.6 Å². The van der Waals surface area contributed by atoms with Gasteiger partial charge in [0.25, 0.3) is 0 Å². The number of β-amino-alcohol motifs (C(OH)–C–C–N with tert-alkyl or cyclic N) is 1. The Morgan fingerprint density at radius 2 is 1.92 bits per heavy atom. The summed E-state index contributed by atoms with van der Waals surface area (Å²) in [5.41, 5.74) is -1.03. The van der Waals surface area contributed by atoms with Crippen LogP contribution in [0.15, 0.2) is 6.20 Å². The summed E-state index contributed by atoms with van der Waals surface area (Å²) >= 11 is 5.96. The third-order valence-corrected chi connectivity index (χ3v) is 5.74. The lowest BCUT2D eigenvalue weighted by Crippen LogP contribution is -2.51. The summed E-state index contributed by atoms with van der Waals surface area (Å²) in [4.78, 5) is 18.8. The summed E-state index contributed by atoms with van der Waals surface area (Å²) in [6.45, 7) is 6.82. The van der Waals surface area contributed by atoms with Crippen LogP contribution < -0.4 is 0 Å². The molecule has 0 bridgehead atoms. The highest BCUT2D eigenvalue weighted by Crippen LogP contribution is 2.23. The average molecular weight is 386 g/mol. The Hall–Kier alpha value is -1.22. The van der Waals surface area contributed by atoms with Crippen molar-refractivity contribution in [2.24, 2.45) is 0 Å². The maximum Gasteiger partial charge on any atom is 0.383 e. The van der Waals surface area contributed by atoms with Crippen molar-refractivity contribution < 1.29 is 10.0 Å². The topological polar surface area (TPSA) is 87.7 Å². The molecule has 1 aromatic heterocycles. The highest BCUT2D eigenvalue weighted by atomic mass is 35.5. The van der Waals surface area contributed by atoms with Crippen LogP contribution in [0.2, 0.25) is 5.28 Å². The van der Waals surface area contributed by atoms with E-state index in [0.717, 1.165) is 25.9 Å². The van der Waals surface area contributed by atoms with Crippen molar-refractivity contribution in [3.8, 4) is 0 Å². The second kappa shape index (κ2) is 8.21. The third-order valence-electron chi connectivity index (χ3n) is 5.44. The minimum atomic E-state index is -1.03. The second-order valence-electron chi connectivity index (χ2n) is 7.85. The van der Waals surface area contributed by atoms with E-state index in [1.165, 1.54) is 43.1 Å². The molecule has 1 aromatic rings. The summed E-state index contributed by atoms with van der Waals surface area (Å²) in [5.74, 6) is -0.298. The van der Waals surface area contributed by atoms with Crippen molar-refractivity contribution in [1.29, 1.82) is 0 Å². The van der Waals surface area contributed by atoms with E-state index < -0.39 is 10.5 Å². The summed E-state index contributed by atoms with van der Waals surface area (Å²) in [6.07, 6.45) is 7.52. The molecule has 1 atom stereocenters. The lowest BCUT2D eigenvalue weighted by atomic mass is 9.98. The molecule has 0 aromatic carbocycles. The summed E-state index contributed by atoms with van der Waals surface area (Å²) in [6, 6.07) is 0.669. The Labute approximate surface area is 158 Å². The molecule has 2 aliphatic heterocycles. The number of nitro groups is 1. The van der Waals surface area contributed by atoms with E-state index >= 15 is 0 Å². The molecule has 26 heavy (non-hydrogen) atoms. The number of hydrogen-bond acceptors (Lipinski definition) is 6. The molecule has 2 saturated heterocycles. The van der Waals surface area contributed by atoms with Crippen molar-refractivity contribution >= 4 is 17.4 Å². The first-order valence-electron chi connectivity index (χ1n) is 9.40. The van der Waals surface area contributed by atoms with Crippen LogP contribution in [0.25, 0.3) is 0 Å². The molecule has 3 rings (SSSR count). The fraction of sp³-hybridized carbons (Fsp3) is 0.824. The number of aliphatic hydroxyl groups is 1. The molecule has 2 fully saturated rings. The lowest BCUT2D eigenvalue weighted by Gasteiger charge is -2.41. The van der Waals surface area contributed by atoms with Gasteiger partial charge in [-0.2, -0.15) is 0 Å². The van der Waals surface area contributed by atoms with Crippen LogP contribution in [0.3, 0.4) is 0 Å². The molecular weight excluding hydrogens is 358 g/mol. The molecule has 3 heterocycles. The third kappa shape index (κ3) is 4.94. The van der Waals surface area contributed by atoms with Gasteiger partial charge in [0.1, 0.15) is 6.20 Å². The molecule has 2 aliphatic rings. The number of nitrogens with zero attached hydrogens (tertiary/aromatic N) is 5. The van der Waals surface area contributed by atoms with Gasteiger partial charge < -0.3 is 25.0 Å². The highest BCUT2D eigenvalue weighted by molar-refractivity contribution is 6.28. The normalized spacial score (nSPS) is 23.0. The van der Waals surface area contributed by atoms with Crippen molar-refractivity contribution in [3.05, 3.63) is 21.6 Å². The standard InChI is InChI=1S/C17H28ClN5O3/c1-17(24,13-22-11-15(23(25)26)19-16(22)18)12-20-9-5-14(6-10-20)21-7-3-2-4-8-21/h11,14,24H,2-10,12-13H2,1H3. The summed E-state index contributed by atoms with van der Waals surface area (Å²) < 4.78 is 1.44. The first-order chi connectivity index (χ1) is 12.3. The van der Waals surface area contributed by atoms with E-state index in [9.17, 15) is 15.2 Å². The molecule has 1 N–H and O–H groups in total. The number of halogens is 1. The molecule has 0 amide bonds. The van der Waals surface area contributed by atoms with E-state index in [2.05, 4.69) is 14.8 Å². The predicted molar refractivity (Wildman–Crippen MR) is 99.4 cm³/mol. The van der Waals surface area contributed by atoms with Crippen LogP contribution in [-0.2, 0) is 6.54 Å². The molecule has 8 nitrogen and oxygen atoms in total. The number of hydrogen-bond donors (Lipinski definition) is 1. The Morgan fingerprint density at radius 3 is 2.50 bits per heavy atom. The molecule has 0 radical (unpaired) electrons. The van der Waals surface area contributed by atoms with Crippen molar-refractivity contribution in [2.75, 3.05) is 32.7 Å². The number of piperidine rings is 2. The molecule has 1 unspecified atom stereocenters. The van der Waals surface area contributed by atoms with Gasteiger partial charge in [0.05, 0.1) is 12.1 Å². The molecule has 9 heteroatoms. The van der Waals surface area contributed by atoms with Crippen LogP contribution >= 0.6 is 11.6 Å². The number of likely N-dealkylation sites (tertiary alicyclic amines) is 2. The second-order valence-corrected chi connectivity index (χ2v) is 8.19. The summed E-state index contributed by atoms with van der Waals surface area (Å²) in [5, 5.41) is 21.6. The Bertz CT molecular complexity index is 622. The first-order valence-corrected chi connectivity index (χ1v) is 9.78. The van der Waals surface area contributed by atoms with Gasteiger partial charge in [-0.05, 0) is 80.3 Å². The van der Waals surface area contributed by atoms with Gasteiger partial charge in [0, 0.05) is 12.6 Å². The SMILES string of the molecule is CC(O)(CN1CCC(N2CCCCC2)CC1)Cn1cc([N+](=O)[O-])nc1Cl. The fourth-order valence-corrected chi connectivity index (χ4v) is 4.40.